The van der Waals surface area contributed by atoms with E-state index >= 15 is 0 Å². The van der Waals surface area contributed by atoms with Gasteiger partial charge in [0.1, 0.15) is 11.8 Å². The van der Waals surface area contributed by atoms with E-state index in [0.29, 0.717) is 17.2 Å². The van der Waals surface area contributed by atoms with Gasteiger partial charge in [-0.3, -0.25) is 4.79 Å². The van der Waals surface area contributed by atoms with Gasteiger partial charge in [-0.25, -0.2) is 4.98 Å². The van der Waals surface area contributed by atoms with Crippen molar-refractivity contribution >= 4 is 5.91 Å². The highest BCUT2D eigenvalue weighted by molar-refractivity contribution is 5.95. The Morgan fingerprint density at radius 1 is 1.28 bits per heavy atom. The predicted molar refractivity (Wildman–Crippen MR) is 64.0 cm³/mol. The molecule has 2 rings (SSSR count). The topological polar surface area (TPSA) is 89.0 Å². The number of primary amides is 1. The van der Waals surface area contributed by atoms with Crippen LogP contribution >= 0.6 is 0 Å². The number of hydrogen-bond donors (Lipinski definition) is 1. The average Bonchev–Trinajstić information content (AvgIpc) is 2.40. The number of pyridine rings is 1. The third-order valence-corrected chi connectivity index (χ3v) is 2.23. The molecule has 18 heavy (non-hydrogen) atoms. The number of nitriles is 1. The van der Waals surface area contributed by atoms with Crippen molar-refractivity contribution in [3.63, 3.8) is 0 Å². The standard InChI is InChI=1S/C13H9N3O2/c14-7-9-5-6-12(16-8-9)18-11-4-2-1-3-10(11)13(15)17/h1-6,8H,(H2,15,17). The highest BCUT2D eigenvalue weighted by atomic mass is 16.5. The summed E-state index contributed by atoms with van der Waals surface area (Å²) in [5, 5.41) is 8.64. The molecule has 0 spiro atoms. The molecule has 2 N–H and O–H groups in total. The molecule has 2 aromatic rings. The van der Waals surface area contributed by atoms with Crippen molar-refractivity contribution in [1.29, 1.82) is 5.26 Å². The zero-order chi connectivity index (χ0) is 13.0. The summed E-state index contributed by atoms with van der Waals surface area (Å²) in [5.74, 6) is 0.0594. The Morgan fingerprint density at radius 3 is 2.67 bits per heavy atom. The Labute approximate surface area is 103 Å². The second-order valence-corrected chi connectivity index (χ2v) is 3.46. The fourth-order valence-corrected chi connectivity index (χ4v) is 1.38. The summed E-state index contributed by atoms with van der Waals surface area (Å²) in [5.41, 5.74) is 5.95. The Kier molecular flexibility index (Phi) is 3.21. The SMILES string of the molecule is N#Cc1ccc(Oc2ccccc2C(N)=O)nc1. The van der Waals surface area contributed by atoms with E-state index in [1.165, 1.54) is 6.20 Å². The monoisotopic (exact) mass is 239 g/mol. The molecule has 1 aromatic carbocycles. The van der Waals surface area contributed by atoms with E-state index in [2.05, 4.69) is 4.98 Å². The van der Waals surface area contributed by atoms with Crippen molar-refractivity contribution in [3.8, 4) is 17.7 Å². The molecule has 1 heterocycles. The average molecular weight is 239 g/mol. The number of benzene rings is 1. The number of hydrogen-bond acceptors (Lipinski definition) is 4. The van der Waals surface area contributed by atoms with Crippen LogP contribution < -0.4 is 10.5 Å². The van der Waals surface area contributed by atoms with Crippen LogP contribution in [0.25, 0.3) is 0 Å². The normalized spacial score (nSPS) is 9.50. The number of carbonyl (C=O) groups excluding carboxylic acids is 1. The maximum absolute atomic E-state index is 11.2. The van der Waals surface area contributed by atoms with Crippen molar-refractivity contribution in [1.82, 2.24) is 4.98 Å². The van der Waals surface area contributed by atoms with E-state index in [9.17, 15) is 4.79 Å². The third-order valence-electron chi connectivity index (χ3n) is 2.23. The molecule has 0 fully saturated rings. The summed E-state index contributed by atoms with van der Waals surface area (Å²) in [6.45, 7) is 0. The lowest BCUT2D eigenvalue weighted by Crippen LogP contribution is -2.12. The number of amides is 1. The van der Waals surface area contributed by atoms with Crippen LogP contribution in [0.3, 0.4) is 0 Å². The summed E-state index contributed by atoms with van der Waals surface area (Å²) < 4.78 is 5.45. The quantitative estimate of drug-likeness (QED) is 0.884. The third kappa shape index (κ3) is 2.44. The van der Waals surface area contributed by atoms with E-state index in [1.54, 1.807) is 36.4 Å². The van der Waals surface area contributed by atoms with Gasteiger partial charge in [0.15, 0.2) is 0 Å². The molecule has 0 bridgehead atoms. The van der Waals surface area contributed by atoms with E-state index in [1.807, 2.05) is 6.07 Å². The van der Waals surface area contributed by atoms with Gasteiger partial charge in [0.25, 0.3) is 5.91 Å². The van der Waals surface area contributed by atoms with Gasteiger partial charge < -0.3 is 10.5 Å². The Bertz CT molecular complexity index is 615. The fourth-order valence-electron chi connectivity index (χ4n) is 1.38. The first-order valence-electron chi connectivity index (χ1n) is 5.13. The fraction of sp³-hybridized carbons (Fsp3) is 0. The van der Waals surface area contributed by atoms with Crippen molar-refractivity contribution in [2.45, 2.75) is 0 Å². The van der Waals surface area contributed by atoms with Crippen LogP contribution in [0.5, 0.6) is 11.6 Å². The van der Waals surface area contributed by atoms with Gasteiger partial charge in [-0.1, -0.05) is 12.1 Å². The molecule has 0 aliphatic heterocycles. The van der Waals surface area contributed by atoms with Gasteiger partial charge >= 0.3 is 0 Å². The largest absolute Gasteiger partial charge is 0.438 e. The maximum Gasteiger partial charge on any atom is 0.252 e. The van der Waals surface area contributed by atoms with Crippen LogP contribution in [-0.2, 0) is 0 Å². The number of carbonyl (C=O) groups is 1. The summed E-state index contributed by atoms with van der Waals surface area (Å²) in [6.07, 6.45) is 1.39. The number of rotatable bonds is 3. The minimum Gasteiger partial charge on any atom is -0.438 e. The highest BCUT2D eigenvalue weighted by Gasteiger charge is 2.09. The smallest absolute Gasteiger partial charge is 0.252 e. The summed E-state index contributed by atoms with van der Waals surface area (Å²) in [7, 11) is 0. The molecular formula is C13H9N3O2. The molecule has 0 aliphatic carbocycles. The molecule has 0 aliphatic rings. The summed E-state index contributed by atoms with van der Waals surface area (Å²) in [6, 6.07) is 11.7. The number of para-hydroxylation sites is 1. The molecule has 0 radical (unpaired) electrons. The molecule has 0 saturated carbocycles. The van der Waals surface area contributed by atoms with Crippen molar-refractivity contribution in [3.05, 3.63) is 53.7 Å². The summed E-state index contributed by atoms with van der Waals surface area (Å²) >= 11 is 0. The van der Waals surface area contributed by atoms with Gasteiger partial charge in [0.05, 0.1) is 11.1 Å². The van der Waals surface area contributed by atoms with Crippen LogP contribution in [0.4, 0.5) is 0 Å². The van der Waals surface area contributed by atoms with E-state index in [0.717, 1.165) is 0 Å². The van der Waals surface area contributed by atoms with Crippen LogP contribution in [0.2, 0.25) is 0 Å². The van der Waals surface area contributed by atoms with E-state index < -0.39 is 5.91 Å². The van der Waals surface area contributed by atoms with Crippen LogP contribution in [0.15, 0.2) is 42.6 Å². The highest BCUT2D eigenvalue weighted by Crippen LogP contribution is 2.23. The molecule has 1 aromatic heterocycles. The van der Waals surface area contributed by atoms with E-state index in [4.69, 9.17) is 15.7 Å². The molecular weight excluding hydrogens is 230 g/mol. The van der Waals surface area contributed by atoms with Crippen molar-refractivity contribution in [2.24, 2.45) is 5.73 Å². The van der Waals surface area contributed by atoms with E-state index in [-0.39, 0.29) is 5.56 Å². The first kappa shape index (κ1) is 11.6. The summed E-state index contributed by atoms with van der Waals surface area (Å²) in [4.78, 5) is 15.1. The first-order chi connectivity index (χ1) is 8.70. The Balaban J connectivity index is 2.28. The van der Waals surface area contributed by atoms with Gasteiger partial charge in [0.2, 0.25) is 5.88 Å². The van der Waals surface area contributed by atoms with Gasteiger partial charge in [-0.05, 0) is 18.2 Å². The minimum absolute atomic E-state index is 0.281. The van der Waals surface area contributed by atoms with Gasteiger partial charge in [0, 0.05) is 12.3 Å². The molecule has 5 nitrogen and oxygen atoms in total. The lowest BCUT2D eigenvalue weighted by molar-refractivity contribution is 0.0998. The second-order valence-electron chi connectivity index (χ2n) is 3.46. The number of ether oxygens (including phenoxy) is 1. The Hall–Kier alpha value is -2.87. The zero-order valence-electron chi connectivity index (χ0n) is 9.33. The zero-order valence-corrected chi connectivity index (χ0v) is 9.33. The predicted octanol–water partition coefficient (Wildman–Crippen LogP) is 1.84. The number of aromatic nitrogens is 1. The number of nitrogens with two attached hydrogens (primary N) is 1. The van der Waals surface area contributed by atoms with Crippen molar-refractivity contribution in [2.75, 3.05) is 0 Å². The molecule has 1 amide bonds. The molecule has 0 atom stereocenters. The molecule has 0 saturated heterocycles. The first-order valence-corrected chi connectivity index (χ1v) is 5.13. The second kappa shape index (κ2) is 4.97. The molecule has 88 valence electrons. The van der Waals surface area contributed by atoms with Crippen molar-refractivity contribution < 1.29 is 9.53 Å². The lowest BCUT2D eigenvalue weighted by Gasteiger charge is -2.07. The maximum atomic E-state index is 11.2. The van der Waals surface area contributed by atoms with Crippen LogP contribution in [0.1, 0.15) is 15.9 Å². The minimum atomic E-state index is -0.570. The van der Waals surface area contributed by atoms with Gasteiger partial charge in [-0.15, -0.1) is 0 Å². The van der Waals surface area contributed by atoms with Crippen LogP contribution in [-0.4, -0.2) is 10.9 Å². The molecule has 0 unspecified atom stereocenters. The molecule has 5 heteroatoms. The lowest BCUT2D eigenvalue weighted by atomic mass is 10.2. The van der Waals surface area contributed by atoms with Crippen LogP contribution in [0, 0.1) is 11.3 Å². The Morgan fingerprint density at radius 2 is 2.06 bits per heavy atom. The van der Waals surface area contributed by atoms with Gasteiger partial charge in [-0.2, -0.15) is 5.26 Å². The number of nitrogens with zero attached hydrogens (tertiary/aromatic N) is 2.